The first-order valence-electron chi connectivity index (χ1n) is 7.55. The van der Waals surface area contributed by atoms with Crippen molar-refractivity contribution < 1.29 is 27.4 Å². The van der Waals surface area contributed by atoms with Crippen molar-refractivity contribution in [1.82, 2.24) is 0 Å². The van der Waals surface area contributed by atoms with E-state index in [9.17, 15) is 18.0 Å². The number of carbonyl (C=O) groups is 1. The minimum atomic E-state index is -4.41. The quantitative estimate of drug-likeness (QED) is 0.579. The van der Waals surface area contributed by atoms with E-state index >= 15 is 0 Å². The molecule has 0 heterocycles. The molecular formula is C19H17F3O3. The lowest BCUT2D eigenvalue weighted by atomic mass is 9.96. The molecule has 0 bridgehead atoms. The van der Waals surface area contributed by atoms with Crippen molar-refractivity contribution in [2.75, 3.05) is 13.7 Å². The van der Waals surface area contributed by atoms with Crippen LogP contribution >= 0.6 is 0 Å². The summed E-state index contributed by atoms with van der Waals surface area (Å²) in [6.45, 7) is 1.88. The van der Waals surface area contributed by atoms with E-state index in [0.717, 1.165) is 12.1 Å². The lowest BCUT2D eigenvalue weighted by molar-refractivity contribution is -0.138. The summed E-state index contributed by atoms with van der Waals surface area (Å²) in [6.07, 6.45) is -3.14. The van der Waals surface area contributed by atoms with E-state index in [1.807, 2.05) is 0 Å². The Morgan fingerprint density at radius 1 is 1.00 bits per heavy atom. The van der Waals surface area contributed by atoms with Crippen molar-refractivity contribution in [3.05, 3.63) is 71.3 Å². The predicted molar refractivity (Wildman–Crippen MR) is 88.2 cm³/mol. The van der Waals surface area contributed by atoms with Crippen molar-refractivity contribution in [2.45, 2.75) is 13.1 Å². The summed E-state index contributed by atoms with van der Waals surface area (Å²) in [7, 11) is 1.53. The Bertz CT molecular complexity index is 745. The SMILES string of the molecule is CCOC(=O)/C=C(/c1ccc(OC)cc1)c1ccc(C(F)(F)F)cc1. The Hall–Kier alpha value is -2.76. The summed E-state index contributed by atoms with van der Waals surface area (Å²) in [5.74, 6) is 0.0693. The Labute approximate surface area is 143 Å². The summed E-state index contributed by atoms with van der Waals surface area (Å²) in [5.41, 5.74) is 0.858. The second kappa shape index (κ2) is 7.88. The van der Waals surface area contributed by atoms with Crippen LogP contribution in [0.15, 0.2) is 54.6 Å². The Balaban J connectivity index is 2.45. The highest BCUT2D eigenvalue weighted by molar-refractivity contribution is 5.96. The van der Waals surface area contributed by atoms with Gasteiger partial charge < -0.3 is 9.47 Å². The highest BCUT2D eigenvalue weighted by atomic mass is 19.4. The molecule has 25 heavy (non-hydrogen) atoms. The van der Waals surface area contributed by atoms with Gasteiger partial charge in [-0.25, -0.2) is 4.79 Å². The molecule has 0 aliphatic carbocycles. The number of carbonyl (C=O) groups excluding carboxylic acids is 1. The first-order chi connectivity index (χ1) is 11.8. The number of hydrogen-bond acceptors (Lipinski definition) is 3. The molecule has 6 heteroatoms. The second-order valence-corrected chi connectivity index (χ2v) is 5.11. The van der Waals surface area contributed by atoms with Gasteiger partial charge in [0.1, 0.15) is 5.75 Å². The third kappa shape index (κ3) is 4.86. The number of halogens is 3. The summed E-state index contributed by atoms with van der Waals surface area (Å²) >= 11 is 0. The highest BCUT2D eigenvalue weighted by Gasteiger charge is 2.30. The summed E-state index contributed by atoms with van der Waals surface area (Å²) in [5, 5.41) is 0. The molecule has 132 valence electrons. The maximum atomic E-state index is 12.7. The average Bonchev–Trinajstić information content (AvgIpc) is 2.59. The topological polar surface area (TPSA) is 35.5 Å². The molecule has 0 aliphatic rings. The zero-order valence-corrected chi connectivity index (χ0v) is 13.8. The first kappa shape index (κ1) is 18.6. The van der Waals surface area contributed by atoms with Crippen LogP contribution in [-0.4, -0.2) is 19.7 Å². The molecule has 0 N–H and O–H groups in total. The average molecular weight is 350 g/mol. The summed E-state index contributed by atoms with van der Waals surface area (Å²) < 4.78 is 48.2. The molecule has 2 aromatic carbocycles. The van der Waals surface area contributed by atoms with E-state index in [-0.39, 0.29) is 6.61 Å². The molecular weight excluding hydrogens is 333 g/mol. The lowest BCUT2D eigenvalue weighted by Gasteiger charge is -2.12. The van der Waals surface area contributed by atoms with E-state index in [0.29, 0.717) is 22.4 Å². The van der Waals surface area contributed by atoms with Crippen molar-refractivity contribution in [3.8, 4) is 5.75 Å². The van der Waals surface area contributed by atoms with Crippen molar-refractivity contribution >= 4 is 11.5 Å². The minimum absolute atomic E-state index is 0.207. The van der Waals surface area contributed by atoms with Gasteiger partial charge in [-0.3, -0.25) is 0 Å². The summed E-state index contributed by atoms with van der Waals surface area (Å²) in [6, 6.07) is 11.5. The van der Waals surface area contributed by atoms with Gasteiger partial charge in [-0.1, -0.05) is 24.3 Å². The van der Waals surface area contributed by atoms with Gasteiger partial charge in [-0.05, 0) is 47.9 Å². The van der Waals surface area contributed by atoms with Crippen molar-refractivity contribution in [2.24, 2.45) is 0 Å². The van der Waals surface area contributed by atoms with Gasteiger partial charge in [0.05, 0.1) is 19.3 Å². The van der Waals surface area contributed by atoms with E-state index in [2.05, 4.69) is 0 Å². The van der Waals surface area contributed by atoms with Crippen LogP contribution < -0.4 is 4.74 Å². The fourth-order valence-electron chi connectivity index (χ4n) is 2.24. The third-order valence-corrected chi connectivity index (χ3v) is 3.47. The molecule has 0 radical (unpaired) electrons. The summed E-state index contributed by atoms with van der Waals surface area (Å²) in [4.78, 5) is 11.8. The molecule has 3 nitrogen and oxygen atoms in total. The highest BCUT2D eigenvalue weighted by Crippen LogP contribution is 2.31. The molecule has 0 amide bonds. The van der Waals surface area contributed by atoms with Crippen LogP contribution in [0, 0.1) is 0 Å². The Kier molecular flexibility index (Phi) is 5.85. The fourth-order valence-corrected chi connectivity index (χ4v) is 2.24. The normalized spacial score (nSPS) is 12.0. The largest absolute Gasteiger partial charge is 0.497 e. The third-order valence-electron chi connectivity index (χ3n) is 3.47. The monoisotopic (exact) mass is 350 g/mol. The van der Waals surface area contributed by atoms with Crippen molar-refractivity contribution in [3.63, 3.8) is 0 Å². The van der Waals surface area contributed by atoms with Crippen LogP contribution in [0.5, 0.6) is 5.75 Å². The molecule has 2 rings (SSSR count). The number of rotatable bonds is 5. The number of methoxy groups -OCH3 is 1. The van der Waals surface area contributed by atoms with Crippen LogP contribution in [0.3, 0.4) is 0 Å². The molecule has 0 aromatic heterocycles. The van der Waals surface area contributed by atoms with Gasteiger partial charge in [-0.2, -0.15) is 13.2 Å². The van der Waals surface area contributed by atoms with Crippen LogP contribution in [0.2, 0.25) is 0 Å². The van der Waals surface area contributed by atoms with Gasteiger partial charge in [0.25, 0.3) is 0 Å². The Morgan fingerprint density at radius 2 is 1.52 bits per heavy atom. The van der Waals surface area contributed by atoms with Crippen LogP contribution in [-0.2, 0) is 15.7 Å². The van der Waals surface area contributed by atoms with Gasteiger partial charge in [0.15, 0.2) is 0 Å². The molecule has 0 saturated carbocycles. The van der Waals surface area contributed by atoms with E-state index < -0.39 is 17.7 Å². The molecule has 2 aromatic rings. The second-order valence-electron chi connectivity index (χ2n) is 5.11. The zero-order valence-electron chi connectivity index (χ0n) is 13.8. The number of esters is 1. The Morgan fingerprint density at radius 3 is 1.96 bits per heavy atom. The first-order valence-corrected chi connectivity index (χ1v) is 7.55. The van der Waals surface area contributed by atoms with E-state index in [1.54, 1.807) is 31.2 Å². The van der Waals surface area contributed by atoms with Crippen molar-refractivity contribution in [1.29, 1.82) is 0 Å². The van der Waals surface area contributed by atoms with Gasteiger partial charge in [0.2, 0.25) is 0 Å². The number of ether oxygens (including phenoxy) is 2. The molecule has 0 fully saturated rings. The maximum Gasteiger partial charge on any atom is 0.416 e. The number of benzene rings is 2. The van der Waals surface area contributed by atoms with Crippen LogP contribution in [0.4, 0.5) is 13.2 Å². The van der Waals surface area contributed by atoms with E-state index in [4.69, 9.17) is 9.47 Å². The molecule has 0 spiro atoms. The van der Waals surface area contributed by atoms with Crippen LogP contribution in [0.25, 0.3) is 5.57 Å². The van der Waals surface area contributed by atoms with Gasteiger partial charge in [-0.15, -0.1) is 0 Å². The fraction of sp³-hybridized carbons (Fsp3) is 0.211. The van der Waals surface area contributed by atoms with Gasteiger partial charge >= 0.3 is 12.1 Å². The molecule has 0 aliphatic heterocycles. The smallest absolute Gasteiger partial charge is 0.416 e. The molecule has 0 atom stereocenters. The van der Waals surface area contributed by atoms with Gasteiger partial charge in [0, 0.05) is 6.08 Å². The minimum Gasteiger partial charge on any atom is -0.497 e. The van der Waals surface area contributed by atoms with E-state index in [1.165, 1.54) is 25.3 Å². The predicted octanol–water partition coefficient (Wildman–Crippen LogP) is 4.71. The number of alkyl halides is 3. The zero-order chi connectivity index (χ0) is 18.4. The lowest BCUT2D eigenvalue weighted by Crippen LogP contribution is -2.05. The standard InChI is InChI=1S/C19H17F3O3/c1-3-25-18(23)12-17(14-6-10-16(24-2)11-7-14)13-4-8-15(9-5-13)19(20,21)22/h4-12H,3H2,1-2H3/b17-12+. The molecule has 0 unspecified atom stereocenters. The number of hydrogen-bond donors (Lipinski definition) is 0. The van der Waals surface area contributed by atoms with Crippen LogP contribution in [0.1, 0.15) is 23.6 Å². The maximum absolute atomic E-state index is 12.7. The molecule has 0 saturated heterocycles.